The standard InChI is InChI=1S/C18H21F5N2O2/c1-15(2,3)27-14(26)25-9-16(10-25)6-12(7-16)17(19,20)11-4-5-13(24-8-11)18(21,22)23/h4-5,8,12H,6-7,9-10H2,1-3H3. The van der Waals surface area contributed by atoms with Crippen LogP contribution in [0.15, 0.2) is 18.3 Å². The number of likely N-dealkylation sites (tertiary alicyclic amines) is 1. The summed E-state index contributed by atoms with van der Waals surface area (Å²) in [6, 6.07) is 1.36. The van der Waals surface area contributed by atoms with Crippen molar-refractivity contribution >= 4 is 6.09 Å². The molecule has 0 radical (unpaired) electrons. The van der Waals surface area contributed by atoms with E-state index in [0.717, 1.165) is 6.07 Å². The Kier molecular flexibility index (Phi) is 4.43. The topological polar surface area (TPSA) is 42.4 Å². The van der Waals surface area contributed by atoms with E-state index in [1.54, 1.807) is 20.8 Å². The smallest absolute Gasteiger partial charge is 0.433 e. The average molecular weight is 392 g/mol. The summed E-state index contributed by atoms with van der Waals surface area (Å²) in [4.78, 5) is 16.5. The number of halogens is 5. The lowest BCUT2D eigenvalue weighted by Crippen LogP contribution is -2.65. The van der Waals surface area contributed by atoms with Crippen molar-refractivity contribution in [2.75, 3.05) is 13.1 Å². The maximum Gasteiger partial charge on any atom is 0.433 e. The summed E-state index contributed by atoms with van der Waals surface area (Å²) in [7, 11) is 0. The third kappa shape index (κ3) is 3.87. The normalized spacial score (nSPS) is 20.2. The number of hydrogen-bond donors (Lipinski definition) is 0. The number of nitrogens with zero attached hydrogens (tertiary/aromatic N) is 2. The second-order valence-corrected chi connectivity index (χ2v) is 8.49. The van der Waals surface area contributed by atoms with Crippen LogP contribution in [0.2, 0.25) is 0 Å². The molecule has 27 heavy (non-hydrogen) atoms. The highest BCUT2D eigenvalue weighted by Gasteiger charge is 2.61. The maximum atomic E-state index is 14.6. The SMILES string of the molecule is CC(C)(C)OC(=O)N1CC2(CC(C(F)(F)c3ccc(C(F)(F)F)nc3)C2)C1. The largest absolute Gasteiger partial charge is 0.444 e. The Hall–Kier alpha value is -1.93. The number of rotatable bonds is 2. The highest BCUT2D eigenvalue weighted by molar-refractivity contribution is 5.69. The summed E-state index contributed by atoms with van der Waals surface area (Å²) in [5.41, 5.74) is -2.67. The third-order valence-corrected chi connectivity index (χ3v) is 5.01. The van der Waals surface area contributed by atoms with Crippen LogP contribution < -0.4 is 0 Å². The molecule has 150 valence electrons. The summed E-state index contributed by atoms with van der Waals surface area (Å²) in [5.74, 6) is -4.23. The number of pyridine rings is 1. The Morgan fingerprint density at radius 3 is 2.19 bits per heavy atom. The van der Waals surface area contributed by atoms with Crippen LogP contribution in [0.4, 0.5) is 26.7 Å². The van der Waals surface area contributed by atoms with E-state index in [0.29, 0.717) is 25.4 Å². The van der Waals surface area contributed by atoms with Crippen molar-refractivity contribution in [3.05, 3.63) is 29.6 Å². The van der Waals surface area contributed by atoms with Gasteiger partial charge in [0.05, 0.1) is 0 Å². The van der Waals surface area contributed by atoms with Crippen molar-refractivity contribution in [1.29, 1.82) is 0 Å². The van der Waals surface area contributed by atoms with E-state index in [1.807, 2.05) is 0 Å². The first-order valence-electron chi connectivity index (χ1n) is 8.61. The van der Waals surface area contributed by atoms with Crippen molar-refractivity contribution < 1.29 is 31.5 Å². The van der Waals surface area contributed by atoms with Gasteiger partial charge in [0, 0.05) is 36.2 Å². The molecule has 1 aromatic heterocycles. The molecule has 1 saturated heterocycles. The van der Waals surface area contributed by atoms with E-state index in [-0.39, 0.29) is 18.3 Å². The molecular formula is C18H21F5N2O2. The predicted molar refractivity (Wildman–Crippen MR) is 86.1 cm³/mol. The van der Waals surface area contributed by atoms with Gasteiger partial charge in [-0.3, -0.25) is 4.98 Å². The van der Waals surface area contributed by atoms with E-state index in [4.69, 9.17) is 4.74 Å². The van der Waals surface area contributed by atoms with Crippen LogP contribution in [0.25, 0.3) is 0 Å². The maximum absolute atomic E-state index is 14.6. The molecule has 2 heterocycles. The number of alkyl halides is 5. The van der Waals surface area contributed by atoms with Gasteiger partial charge in [-0.05, 0) is 45.7 Å². The summed E-state index contributed by atoms with van der Waals surface area (Å²) >= 11 is 0. The number of aromatic nitrogens is 1. The molecule has 0 bridgehead atoms. The molecule has 0 aromatic carbocycles. The lowest BCUT2D eigenvalue weighted by Gasteiger charge is -2.59. The van der Waals surface area contributed by atoms with Gasteiger partial charge in [0.15, 0.2) is 0 Å². The zero-order valence-electron chi connectivity index (χ0n) is 15.2. The Morgan fingerprint density at radius 1 is 1.15 bits per heavy atom. The van der Waals surface area contributed by atoms with Crippen molar-refractivity contribution in [3.8, 4) is 0 Å². The van der Waals surface area contributed by atoms with Crippen molar-refractivity contribution in [3.63, 3.8) is 0 Å². The first-order chi connectivity index (χ1) is 12.2. The summed E-state index contributed by atoms with van der Waals surface area (Å²) < 4.78 is 72.0. The second kappa shape index (κ2) is 6.04. The molecule has 3 rings (SSSR count). The van der Waals surface area contributed by atoms with Gasteiger partial charge in [0.25, 0.3) is 5.92 Å². The van der Waals surface area contributed by atoms with Crippen molar-refractivity contribution in [1.82, 2.24) is 9.88 Å². The second-order valence-electron chi connectivity index (χ2n) is 8.49. The fraction of sp³-hybridized carbons (Fsp3) is 0.667. The van der Waals surface area contributed by atoms with Crippen LogP contribution in [0.5, 0.6) is 0 Å². The molecule has 0 unspecified atom stereocenters. The Bertz CT molecular complexity index is 711. The van der Waals surface area contributed by atoms with Gasteiger partial charge >= 0.3 is 12.3 Å². The van der Waals surface area contributed by atoms with E-state index in [2.05, 4.69) is 4.98 Å². The summed E-state index contributed by atoms with van der Waals surface area (Å²) in [6.45, 7) is 5.97. The van der Waals surface area contributed by atoms with E-state index in [1.165, 1.54) is 4.90 Å². The minimum Gasteiger partial charge on any atom is -0.444 e. The van der Waals surface area contributed by atoms with Gasteiger partial charge in [0.1, 0.15) is 11.3 Å². The molecule has 9 heteroatoms. The molecule has 1 aliphatic carbocycles. The molecule has 1 spiro atoms. The molecule has 0 atom stereocenters. The lowest BCUT2D eigenvalue weighted by molar-refractivity contribution is -0.181. The number of carbonyl (C=O) groups is 1. The van der Waals surface area contributed by atoms with E-state index in [9.17, 15) is 26.7 Å². The quantitative estimate of drug-likeness (QED) is 0.677. The molecule has 2 aliphatic rings. The van der Waals surface area contributed by atoms with Gasteiger partial charge in [-0.1, -0.05) is 0 Å². The summed E-state index contributed by atoms with van der Waals surface area (Å²) in [6.07, 6.45) is -4.11. The van der Waals surface area contributed by atoms with Gasteiger partial charge < -0.3 is 9.64 Å². The number of ether oxygens (including phenoxy) is 1. The first-order valence-corrected chi connectivity index (χ1v) is 8.61. The Morgan fingerprint density at radius 2 is 1.74 bits per heavy atom. The fourth-order valence-electron chi connectivity index (χ4n) is 3.71. The van der Waals surface area contributed by atoms with Gasteiger partial charge in [0.2, 0.25) is 0 Å². The summed E-state index contributed by atoms with van der Waals surface area (Å²) in [5, 5.41) is 0. The van der Waals surface area contributed by atoms with Crippen LogP contribution in [0.3, 0.4) is 0 Å². The van der Waals surface area contributed by atoms with Crippen LogP contribution in [-0.4, -0.2) is 34.7 Å². The minimum absolute atomic E-state index is 0.209. The van der Waals surface area contributed by atoms with Crippen LogP contribution in [-0.2, 0) is 16.8 Å². The first kappa shape index (κ1) is 19.8. The zero-order valence-corrected chi connectivity index (χ0v) is 15.2. The van der Waals surface area contributed by atoms with Crippen LogP contribution in [0.1, 0.15) is 44.9 Å². The molecule has 1 aromatic rings. The molecule has 1 aliphatic heterocycles. The number of carbonyl (C=O) groups excluding carboxylic acids is 1. The molecule has 1 amide bonds. The third-order valence-electron chi connectivity index (χ3n) is 5.01. The number of hydrogen-bond acceptors (Lipinski definition) is 3. The molecular weight excluding hydrogens is 371 g/mol. The fourth-order valence-corrected chi connectivity index (χ4v) is 3.71. The zero-order chi connectivity index (χ0) is 20.3. The number of amides is 1. The Labute approximate surface area is 153 Å². The monoisotopic (exact) mass is 392 g/mol. The average Bonchev–Trinajstić information content (AvgIpc) is 2.41. The molecule has 0 N–H and O–H groups in total. The van der Waals surface area contributed by atoms with Gasteiger partial charge in [-0.2, -0.15) is 13.2 Å². The predicted octanol–water partition coefficient (Wildman–Crippen LogP) is 4.84. The van der Waals surface area contributed by atoms with E-state index >= 15 is 0 Å². The van der Waals surface area contributed by atoms with Crippen molar-refractivity contribution in [2.24, 2.45) is 11.3 Å². The Balaban J connectivity index is 1.57. The highest BCUT2D eigenvalue weighted by atomic mass is 19.4. The molecule has 1 saturated carbocycles. The minimum atomic E-state index is -4.66. The van der Waals surface area contributed by atoms with Crippen LogP contribution in [0, 0.1) is 11.3 Å². The van der Waals surface area contributed by atoms with Crippen LogP contribution >= 0.6 is 0 Å². The van der Waals surface area contributed by atoms with E-state index < -0.39 is 41.0 Å². The molecule has 2 fully saturated rings. The highest BCUT2D eigenvalue weighted by Crippen LogP contribution is 2.59. The van der Waals surface area contributed by atoms with Gasteiger partial charge in [-0.15, -0.1) is 0 Å². The van der Waals surface area contributed by atoms with Gasteiger partial charge in [-0.25, -0.2) is 13.6 Å². The van der Waals surface area contributed by atoms with Crippen molar-refractivity contribution in [2.45, 2.75) is 51.3 Å². The molecule has 4 nitrogen and oxygen atoms in total. The lowest BCUT2D eigenvalue weighted by atomic mass is 9.55.